The van der Waals surface area contributed by atoms with E-state index in [-0.39, 0.29) is 6.29 Å². The molecule has 2 saturated heterocycles. The maximum atomic E-state index is 11.9. The number of rotatable bonds is 11. The van der Waals surface area contributed by atoms with E-state index in [2.05, 4.69) is 5.32 Å². The van der Waals surface area contributed by atoms with Crippen molar-refractivity contribution < 1.29 is 74.5 Å². The SMILES string of the molecule is CC(=O)N[C@@H](C=O)[C@@H](O[C@@H]1O[C@@H](C)[C@@H](O)[C@@H](O)[C@@H]1O)[C@H](O[C@@H]1O[C@H](CO)[C@H](O)[C@H](O)[C@H]1O)[C@H](O)CO. The number of amides is 1. The van der Waals surface area contributed by atoms with Crippen LogP contribution in [0, 0.1) is 0 Å². The second-order valence-electron chi connectivity index (χ2n) is 8.69. The molecule has 0 radical (unpaired) electrons. The highest BCUT2D eigenvalue weighted by Crippen LogP contribution is 2.28. The summed E-state index contributed by atoms with van der Waals surface area (Å²) in [5.41, 5.74) is 0. The Hall–Kier alpha value is -1.38. The molecule has 0 aromatic carbocycles. The van der Waals surface area contributed by atoms with Gasteiger partial charge in [-0.3, -0.25) is 4.79 Å². The molecule has 0 aromatic rings. The minimum Gasteiger partial charge on any atom is -0.394 e. The highest BCUT2D eigenvalue weighted by molar-refractivity contribution is 5.77. The van der Waals surface area contributed by atoms with Gasteiger partial charge in [0.15, 0.2) is 12.6 Å². The van der Waals surface area contributed by atoms with E-state index in [1.54, 1.807) is 0 Å². The molecule has 1 amide bonds. The predicted octanol–water partition coefficient (Wildman–Crippen LogP) is -6.56. The molecule has 2 aliphatic heterocycles. The number of aldehydes is 1. The van der Waals surface area contributed by atoms with Gasteiger partial charge in [-0.2, -0.15) is 0 Å². The van der Waals surface area contributed by atoms with E-state index < -0.39 is 105 Å². The van der Waals surface area contributed by atoms with E-state index in [1.807, 2.05) is 0 Å². The van der Waals surface area contributed by atoms with Crippen molar-refractivity contribution in [2.24, 2.45) is 0 Å². The number of hydrogen-bond acceptors (Lipinski definition) is 15. The summed E-state index contributed by atoms with van der Waals surface area (Å²) in [5.74, 6) is -0.736. The van der Waals surface area contributed by atoms with Gasteiger partial charge in [-0.05, 0) is 6.92 Å². The number of hydrogen-bond donors (Lipinski definition) is 10. The molecule has 0 spiro atoms. The lowest BCUT2D eigenvalue weighted by Gasteiger charge is -2.45. The van der Waals surface area contributed by atoms with Crippen molar-refractivity contribution in [2.45, 2.75) is 99.6 Å². The van der Waals surface area contributed by atoms with Crippen LogP contribution >= 0.6 is 0 Å². The van der Waals surface area contributed by atoms with Crippen LogP contribution in [0.25, 0.3) is 0 Å². The molecule has 2 heterocycles. The van der Waals surface area contributed by atoms with Crippen LogP contribution in [0.4, 0.5) is 0 Å². The Kier molecular flexibility index (Phi) is 11.5. The lowest BCUT2D eigenvalue weighted by atomic mass is 9.97. The topological polar surface area (TPSA) is 265 Å². The molecule has 16 nitrogen and oxygen atoms in total. The molecule has 16 heteroatoms. The molecule has 14 atom stereocenters. The Labute approximate surface area is 205 Å². The van der Waals surface area contributed by atoms with Crippen LogP contribution in [0.3, 0.4) is 0 Å². The van der Waals surface area contributed by atoms with Crippen molar-refractivity contribution >= 4 is 12.2 Å². The summed E-state index contributed by atoms with van der Waals surface area (Å²) in [7, 11) is 0. The molecule has 2 rings (SSSR count). The molecule has 0 bridgehead atoms. The zero-order valence-corrected chi connectivity index (χ0v) is 19.5. The Bertz CT molecular complexity index is 713. The van der Waals surface area contributed by atoms with Crippen molar-refractivity contribution in [1.82, 2.24) is 5.32 Å². The van der Waals surface area contributed by atoms with Gasteiger partial charge >= 0.3 is 0 Å². The Balaban J connectivity index is 2.42. The number of carbonyl (C=O) groups is 2. The highest BCUT2D eigenvalue weighted by atomic mass is 16.7. The molecule has 2 aliphatic rings. The largest absolute Gasteiger partial charge is 0.394 e. The predicted molar refractivity (Wildman–Crippen MR) is 113 cm³/mol. The van der Waals surface area contributed by atoms with Gasteiger partial charge in [0.25, 0.3) is 0 Å². The second-order valence-corrected chi connectivity index (χ2v) is 8.69. The van der Waals surface area contributed by atoms with E-state index in [0.29, 0.717) is 0 Å². The molecule has 0 unspecified atom stereocenters. The Morgan fingerprint density at radius 1 is 0.889 bits per heavy atom. The monoisotopic (exact) mass is 529 g/mol. The van der Waals surface area contributed by atoms with Crippen LogP contribution in [-0.4, -0.2) is 157 Å². The van der Waals surface area contributed by atoms with Crippen molar-refractivity contribution in [3.05, 3.63) is 0 Å². The van der Waals surface area contributed by atoms with Crippen molar-refractivity contribution in [1.29, 1.82) is 0 Å². The summed E-state index contributed by atoms with van der Waals surface area (Å²) in [4.78, 5) is 23.6. The standard InChI is InChI=1S/C20H35NO15/c1-6-11(27)13(29)15(31)19(33-6)35-17(8(3-22)21-7(2)25)18(9(26)4-23)36-20-16(32)14(30)12(28)10(5-24)34-20/h3,6,8-20,23-24,26-32H,4-5H2,1-2H3,(H,21,25)/t6-,8-,9+,10+,11+,12-,13+,14-,15-,16+,17+,18+,19-,20-/m0/s1. The van der Waals surface area contributed by atoms with E-state index >= 15 is 0 Å². The quantitative estimate of drug-likeness (QED) is 0.111. The van der Waals surface area contributed by atoms with Crippen molar-refractivity contribution in [3.8, 4) is 0 Å². The van der Waals surface area contributed by atoms with Gasteiger partial charge < -0.3 is 75.0 Å². The number of aliphatic hydroxyl groups is 9. The summed E-state index contributed by atoms with van der Waals surface area (Å²) < 4.78 is 21.8. The van der Waals surface area contributed by atoms with Crippen molar-refractivity contribution in [3.63, 3.8) is 0 Å². The molecule has 0 saturated carbocycles. The first kappa shape index (κ1) is 30.8. The fourth-order valence-electron chi connectivity index (χ4n) is 3.90. The van der Waals surface area contributed by atoms with Crippen LogP contribution in [0.1, 0.15) is 13.8 Å². The van der Waals surface area contributed by atoms with Crippen molar-refractivity contribution in [2.75, 3.05) is 13.2 Å². The van der Waals surface area contributed by atoms with Gasteiger partial charge in [-0.25, -0.2) is 0 Å². The zero-order valence-electron chi connectivity index (χ0n) is 19.5. The molecule has 0 aromatic heterocycles. The van der Waals surface area contributed by atoms with Gasteiger partial charge in [0.1, 0.15) is 73.4 Å². The third-order valence-electron chi connectivity index (χ3n) is 6.00. The molecular weight excluding hydrogens is 494 g/mol. The van der Waals surface area contributed by atoms with E-state index in [9.17, 15) is 55.5 Å². The maximum Gasteiger partial charge on any atom is 0.217 e. The normalized spacial score (nSPS) is 40.6. The molecular formula is C20H35NO15. The fourth-order valence-corrected chi connectivity index (χ4v) is 3.90. The third-order valence-corrected chi connectivity index (χ3v) is 6.00. The minimum atomic E-state index is -1.94. The zero-order chi connectivity index (χ0) is 27.3. The summed E-state index contributed by atoms with van der Waals surface area (Å²) in [6.45, 7) is 0.582. The van der Waals surface area contributed by atoms with Crippen LogP contribution in [0.15, 0.2) is 0 Å². The average molecular weight is 529 g/mol. The Morgan fingerprint density at radius 2 is 1.42 bits per heavy atom. The first-order valence-electron chi connectivity index (χ1n) is 11.2. The van der Waals surface area contributed by atoms with Gasteiger partial charge in [-0.15, -0.1) is 0 Å². The summed E-state index contributed by atoms with van der Waals surface area (Å²) >= 11 is 0. The van der Waals surface area contributed by atoms with Crippen LogP contribution < -0.4 is 5.32 Å². The third kappa shape index (κ3) is 6.93. The van der Waals surface area contributed by atoms with E-state index in [0.717, 1.165) is 6.92 Å². The molecule has 36 heavy (non-hydrogen) atoms. The molecule has 210 valence electrons. The van der Waals surface area contributed by atoms with E-state index in [4.69, 9.17) is 18.9 Å². The first-order valence-corrected chi connectivity index (χ1v) is 11.2. The summed E-state index contributed by atoms with van der Waals surface area (Å²) in [6.07, 6.45) is -22.1. The van der Waals surface area contributed by atoms with Gasteiger partial charge in [-0.1, -0.05) is 0 Å². The lowest BCUT2D eigenvalue weighted by molar-refractivity contribution is -0.346. The molecule has 10 N–H and O–H groups in total. The molecule has 2 fully saturated rings. The fraction of sp³-hybridized carbons (Fsp3) is 0.900. The second kappa shape index (κ2) is 13.4. The minimum absolute atomic E-state index is 0.184. The van der Waals surface area contributed by atoms with Crippen LogP contribution in [0.5, 0.6) is 0 Å². The van der Waals surface area contributed by atoms with E-state index in [1.165, 1.54) is 6.92 Å². The Morgan fingerprint density at radius 3 is 1.92 bits per heavy atom. The molecule has 0 aliphatic carbocycles. The number of nitrogens with one attached hydrogen (secondary N) is 1. The highest BCUT2D eigenvalue weighted by Gasteiger charge is 2.50. The van der Waals surface area contributed by atoms with Gasteiger partial charge in [0, 0.05) is 6.92 Å². The maximum absolute atomic E-state index is 11.9. The first-order chi connectivity index (χ1) is 16.9. The number of carbonyl (C=O) groups excluding carboxylic acids is 2. The van der Waals surface area contributed by atoms with Gasteiger partial charge in [0.05, 0.1) is 19.3 Å². The smallest absolute Gasteiger partial charge is 0.217 e. The number of aliphatic hydroxyl groups excluding tert-OH is 9. The van der Waals surface area contributed by atoms with Crippen LogP contribution in [0.2, 0.25) is 0 Å². The van der Waals surface area contributed by atoms with Gasteiger partial charge in [0.2, 0.25) is 5.91 Å². The van der Waals surface area contributed by atoms with Crippen LogP contribution in [-0.2, 0) is 28.5 Å². The number of ether oxygens (including phenoxy) is 4. The lowest BCUT2D eigenvalue weighted by Crippen LogP contribution is -2.64. The summed E-state index contributed by atoms with van der Waals surface area (Å²) in [5, 5.41) is 92.4. The average Bonchev–Trinajstić information content (AvgIpc) is 2.85. The summed E-state index contributed by atoms with van der Waals surface area (Å²) in [6, 6.07) is -1.63.